The normalized spacial score (nSPS) is 20.3. The summed E-state index contributed by atoms with van der Waals surface area (Å²) >= 11 is 0. The number of aliphatic hydroxyl groups excluding tert-OH is 1. The van der Waals surface area contributed by atoms with Crippen molar-refractivity contribution >= 4 is 29.4 Å². The van der Waals surface area contributed by atoms with Gasteiger partial charge in [0, 0.05) is 29.8 Å². The highest BCUT2D eigenvalue weighted by atomic mass is 19.2. The number of aliphatic hydroxyl groups is 1. The van der Waals surface area contributed by atoms with Crippen LogP contribution in [-0.2, 0) is 29.3 Å². The van der Waals surface area contributed by atoms with Crippen LogP contribution < -0.4 is 15.4 Å². The van der Waals surface area contributed by atoms with Crippen LogP contribution in [0.5, 0.6) is 5.75 Å². The first-order valence-corrected chi connectivity index (χ1v) is 16.2. The Kier molecular flexibility index (Phi) is 11.3. The van der Waals surface area contributed by atoms with Crippen molar-refractivity contribution < 1.29 is 51.3 Å². The molecule has 0 saturated carbocycles. The number of nitrogens with zero attached hydrogens (tertiary/aromatic N) is 1. The summed E-state index contributed by atoms with van der Waals surface area (Å²) in [6.45, 7) is 9.85. The minimum absolute atomic E-state index is 0.00398. The standard InChI is InChI=1S/C35H43F4N3O7/c1-34(2,3)21-9-7-8-10-24(21)40-32(46)33(47)42-19-11-12-20(42)14-18(13-19)31(45)41-25(16-27(44)49-35(4,5)6)26(43)17-48-30-28(38)22(36)15-23(37)29(30)39/h7-10,15,18-20,25-26,43H,11-14,16-17H2,1-6H3,(H,40,46)(H,41,45)/t18?,19?,20?,25-,26?/m0/s1. The highest BCUT2D eigenvalue weighted by Gasteiger charge is 2.47. The maximum Gasteiger partial charge on any atom is 0.313 e. The molecular weight excluding hydrogens is 650 g/mol. The third kappa shape index (κ3) is 9.08. The van der Waals surface area contributed by atoms with Gasteiger partial charge in [-0.05, 0) is 63.5 Å². The summed E-state index contributed by atoms with van der Waals surface area (Å²) in [6, 6.07) is 5.00. The third-order valence-electron chi connectivity index (χ3n) is 8.58. The van der Waals surface area contributed by atoms with Gasteiger partial charge in [0.25, 0.3) is 0 Å². The number of para-hydroxylation sites is 1. The van der Waals surface area contributed by atoms with Crippen molar-refractivity contribution in [3.05, 3.63) is 59.2 Å². The van der Waals surface area contributed by atoms with Crippen LogP contribution in [0, 0.1) is 29.2 Å². The van der Waals surface area contributed by atoms with Gasteiger partial charge in [-0.3, -0.25) is 19.2 Å². The summed E-state index contributed by atoms with van der Waals surface area (Å²) in [6.07, 6.45) is -0.832. The molecular formula is C35H43F4N3O7. The topological polar surface area (TPSA) is 134 Å². The Hall–Kier alpha value is -4.20. The summed E-state index contributed by atoms with van der Waals surface area (Å²) in [4.78, 5) is 54.3. The van der Waals surface area contributed by atoms with Gasteiger partial charge < -0.3 is 30.1 Å². The fourth-order valence-electron chi connectivity index (χ4n) is 6.37. The van der Waals surface area contributed by atoms with E-state index in [1.165, 1.54) is 4.90 Å². The summed E-state index contributed by atoms with van der Waals surface area (Å²) < 4.78 is 65.8. The Labute approximate surface area is 282 Å². The Morgan fingerprint density at radius 2 is 1.51 bits per heavy atom. The van der Waals surface area contributed by atoms with Crippen LogP contribution in [0.2, 0.25) is 0 Å². The average molecular weight is 694 g/mol. The number of ether oxygens (including phenoxy) is 2. The molecule has 2 bridgehead atoms. The number of fused-ring (bicyclic) bond motifs is 2. The smallest absolute Gasteiger partial charge is 0.313 e. The van der Waals surface area contributed by atoms with Crippen LogP contribution >= 0.6 is 0 Å². The lowest BCUT2D eigenvalue weighted by molar-refractivity contribution is -0.156. The van der Waals surface area contributed by atoms with Gasteiger partial charge in [-0.15, -0.1) is 0 Å². The lowest BCUT2D eigenvalue weighted by Gasteiger charge is -2.38. The number of rotatable bonds is 9. The van der Waals surface area contributed by atoms with E-state index in [4.69, 9.17) is 9.47 Å². The lowest BCUT2D eigenvalue weighted by atomic mass is 9.86. The zero-order chi connectivity index (χ0) is 36.4. The molecule has 0 aliphatic carbocycles. The van der Waals surface area contributed by atoms with Gasteiger partial charge in [0.15, 0.2) is 17.4 Å². The molecule has 0 radical (unpaired) electrons. The Bertz CT molecular complexity index is 1550. The van der Waals surface area contributed by atoms with E-state index in [2.05, 4.69) is 10.6 Å². The second kappa shape index (κ2) is 14.7. The van der Waals surface area contributed by atoms with Crippen LogP contribution in [0.15, 0.2) is 30.3 Å². The lowest BCUT2D eigenvalue weighted by Crippen LogP contribution is -2.54. The molecule has 10 nitrogen and oxygen atoms in total. The van der Waals surface area contributed by atoms with E-state index < -0.39 is 101 Å². The Morgan fingerprint density at radius 3 is 2.06 bits per heavy atom. The van der Waals surface area contributed by atoms with E-state index in [9.17, 15) is 41.8 Å². The number of halogens is 4. The van der Waals surface area contributed by atoms with Crippen molar-refractivity contribution in [2.45, 2.75) is 109 Å². The predicted molar refractivity (Wildman–Crippen MR) is 170 cm³/mol. The largest absolute Gasteiger partial charge is 0.485 e. The number of amides is 3. The van der Waals surface area contributed by atoms with Crippen LogP contribution in [0.3, 0.4) is 0 Å². The van der Waals surface area contributed by atoms with E-state index in [1.54, 1.807) is 32.9 Å². The van der Waals surface area contributed by atoms with Crippen molar-refractivity contribution in [3.63, 3.8) is 0 Å². The molecule has 2 aliphatic rings. The van der Waals surface area contributed by atoms with E-state index in [-0.39, 0.29) is 24.3 Å². The quantitative estimate of drug-likeness (QED) is 0.147. The van der Waals surface area contributed by atoms with E-state index in [0.29, 0.717) is 18.5 Å². The zero-order valence-electron chi connectivity index (χ0n) is 28.4. The van der Waals surface area contributed by atoms with Crippen LogP contribution in [0.25, 0.3) is 0 Å². The van der Waals surface area contributed by atoms with Crippen molar-refractivity contribution in [3.8, 4) is 5.75 Å². The SMILES string of the molecule is CC(C)(C)OC(=O)C[C@H](NC(=O)C1CC2CCC(C1)N2C(=O)C(=O)Nc1ccccc1C(C)(C)C)C(O)COc1c(F)c(F)cc(F)c1F. The van der Waals surface area contributed by atoms with Gasteiger partial charge in [-0.1, -0.05) is 39.0 Å². The molecule has 3 unspecified atom stereocenters. The number of hydrogen-bond acceptors (Lipinski definition) is 7. The molecule has 2 aromatic carbocycles. The van der Waals surface area contributed by atoms with Crippen molar-refractivity contribution in [2.24, 2.45) is 5.92 Å². The second-order valence-electron chi connectivity index (χ2n) is 14.6. The molecule has 3 amide bonds. The van der Waals surface area contributed by atoms with Crippen LogP contribution in [0.1, 0.15) is 79.2 Å². The fraction of sp³-hybridized carbons (Fsp3) is 0.543. The second-order valence-corrected chi connectivity index (χ2v) is 14.6. The molecule has 268 valence electrons. The Balaban J connectivity index is 1.44. The number of nitrogens with one attached hydrogen (secondary N) is 2. The molecule has 2 saturated heterocycles. The molecule has 14 heteroatoms. The van der Waals surface area contributed by atoms with Gasteiger partial charge >= 0.3 is 17.8 Å². The van der Waals surface area contributed by atoms with Crippen LogP contribution in [0.4, 0.5) is 23.2 Å². The molecule has 0 aromatic heterocycles. The molecule has 2 aliphatic heterocycles. The molecule has 4 rings (SSSR count). The van der Waals surface area contributed by atoms with Gasteiger partial charge in [0.2, 0.25) is 17.5 Å². The van der Waals surface area contributed by atoms with Gasteiger partial charge in [0.1, 0.15) is 18.3 Å². The minimum Gasteiger partial charge on any atom is -0.485 e. The molecule has 2 fully saturated rings. The summed E-state index contributed by atoms with van der Waals surface area (Å²) in [7, 11) is 0. The number of hydrogen-bond donors (Lipinski definition) is 3. The maximum absolute atomic E-state index is 14.1. The van der Waals surface area contributed by atoms with Crippen molar-refractivity contribution in [1.29, 1.82) is 0 Å². The molecule has 4 atom stereocenters. The number of esters is 1. The number of carbonyl (C=O) groups excluding carboxylic acids is 4. The monoisotopic (exact) mass is 693 g/mol. The number of carbonyl (C=O) groups is 4. The summed E-state index contributed by atoms with van der Waals surface area (Å²) in [5.41, 5.74) is 0.184. The minimum atomic E-state index is -1.82. The molecule has 3 N–H and O–H groups in total. The molecule has 49 heavy (non-hydrogen) atoms. The molecule has 2 heterocycles. The number of piperidine rings is 1. The van der Waals surface area contributed by atoms with Gasteiger partial charge in [-0.25, -0.2) is 8.78 Å². The summed E-state index contributed by atoms with van der Waals surface area (Å²) in [5, 5.41) is 16.2. The predicted octanol–water partition coefficient (Wildman–Crippen LogP) is 4.91. The van der Waals surface area contributed by atoms with Crippen molar-refractivity contribution in [1.82, 2.24) is 10.2 Å². The van der Waals surface area contributed by atoms with Gasteiger partial charge in [0.05, 0.1) is 12.5 Å². The first-order chi connectivity index (χ1) is 22.8. The van der Waals surface area contributed by atoms with Gasteiger partial charge in [-0.2, -0.15) is 8.78 Å². The van der Waals surface area contributed by atoms with Crippen molar-refractivity contribution in [2.75, 3.05) is 11.9 Å². The van der Waals surface area contributed by atoms with Crippen LogP contribution in [-0.4, -0.2) is 70.1 Å². The molecule has 2 aromatic rings. The number of benzene rings is 2. The highest BCUT2D eigenvalue weighted by molar-refractivity contribution is 6.39. The fourth-order valence-corrected chi connectivity index (χ4v) is 6.37. The first kappa shape index (κ1) is 37.6. The van der Waals surface area contributed by atoms with E-state index >= 15 is 0 Å². The Morgan fingerprint density at radius 1 is 0.939 bits per heavy atom. The average Bonchev–Trinajstić information content (AvgIpc) is 3.26. The zero-order valence-corrected chi connectivity index (χ0v) is 28.4. The first-order valence-electron chi connectivity index (χ1n) is 16.2. The third-order valence-corrected chi connectivity index (χ3v) is 8.58. The molecule has 0 spiro atoms. The summed E-state index contributed by atoms with van der Waals surface area (Å²) in [5.74, 6) is -12.0. The van der Waals surface area contributed by atoms with E-state index in [0.717, 1.165) is 5.56 Å². The maximum atomic E-state index is 14.1. The number of anilines is 1. The highest BCUT2D eigenvalue weighted by Crippen LogP contribution is 2.39. The van der Waals surface area contributed by atoms with E-state index in [1.807, 2.05) is 32.9 Å².